The summed E-state index contributed by atoms with van der Waals surface area (Å²) < 4.78 is 8.32. The van der Waals surface area contributed by atoms with E-state index in [2.05, 4.69) is 74.0 Å². The second-order valence-corrected chi connectivity index (χ2v) is 6.20. The van der Waals surface area contributed by atoms with E-state index in [-0.39, 0.29) is 5.41 Å². The Labute approximate surface area is 133 Å². The molecule has 1 aliphatic rings. The quantitative estimate of drug-likeness (QED) is 0.732. The smallest absolute Gasteiger partial charge is 0.292 e. The Balaban J connectivity index is 2.05. The molecule has 0 amide bonds. The van der Waals surface area contributed by atoms with Crippen LogP contribution in [0, 0.1) is 0 Å². The van der Waals surface area contributed by atoms with Crippen LogP contribution in [0.25, 0.3) is 0 Å². The summed E-state index contributed by atoms with van der Waals surface area (Å²) in [6.45, 7) is 7.41. The Morgan fingerprint density at radius 1 is 1.00 bits per heavy atom. The van der Waals surface area contributed by atoms with Crippen molar-refractivity contribution < 1.29 is 9.31 Å². The van der Waals surface area contributed by atoms with Gasteiger partial charge in [0.05, 0.1) is 5.56 Å². The lowest BCUT2D eigenvalue weighted by molar-refractivity contribution is -0.476. The molecule has 22 heavy (non-hydrogen) atoms. The average Bonchev–Trinajstić information content (AvgIpc) is 2.61. The molecule has 2 nitrogen and oxygen atoms in total. The van der Waals surface area contributed by atoms with Gasteiger partial charge < -0.3 is 4.74 Å². The number of para-hydroxylation sites is 2. The van der Waals surface area contributed by atoms with E-state index in [1.165, 1.54) is 11.1 Å². The summed E-state index contributed by atoms with van der Waals surface area (Å²) >= 11 is 0. The highest BCUT2D eigenvalue weighted by Gasteiger charge is 2.30. The van der Waals surface area contributed by atoms with E-state index in [4.69, 9.17) is 4.74 Å². The van der Waals surface area contributed by atoms with E-state index >= 15 is 0 Å². The van der Waals surface area contributed by atoms with Gasteiger partial charge >= 0.3 is 0 Å². The number of hydrogen-bond acceptors (Lipinski definition) is 1. The molecule has 0 saturated carbocycles. The highest BCUT2D eigenvalue weighted by molar-refractivity contribution is 5.82. The molecule has 0 N–H and O–H groups in total. The fourth-order valence-electron chi connectivity index (χ4n) is 3.03. The van der Waals surface area contributed by atoms with Crippen LogP contribution in [0.3, 0.4) is 0 Å². The third kappa shape index (κ3) is 2.54. The van der Waals surface area contributed by atoms with Crippen molar-refractivity contribution in [1.82, 2.24) is 0 Å². The van der Waals surface area contributed by atoms with Crippen LogP contribution in [0.4, 0.5) is 5.69 Å². The summed E-state index contributed by atoms with van der Waals surface area (Å²) in [5, 5.41) is 0. The summed E-state index contributed by atoms with van der Waals surface area (Å²) in [6.07, 6.45) is 4.43. The first-order chi connectivity index (χ1) is 10.7. The Bertz CT molecular complexity index is 684. The minimum atomic E-state index is 0.175. The lowest BCUT2D eigenvalue weighted by Crippen LogP contribution is -2.26. The van der Waals surface area contributed by atoms with Crippen molar-refractivity contribution in [1.29, 1.82) is 0 Å². The Hall–Kier alpha value is -2.09. The van der Waals surface area contributed by atoms with Crippen LogP contribution in [-0.2, 0) is 5.41 Å². The second kappa shape index (κ2) is 5.96. The maximum atomic E-state index is 6.17. The molecule has 0 atom stereocenters. The number of fused-ring (bicyclic) bond motifs is 1. The van der Waals surface area contributed by atoms with Crippen LogP contribution in [0.5, 0.6) is 5.75 Å². The van der Waals surface area contributed by atoms with E-state index in [1.807, 2.05) is 6.07 Å². The van der Waals surface area contributed by atoms with E-state index in [1.54, 1.807) is 0 Å². The molecule has 0 fully saturated rings. The van der Waals surface area contributed by atoms with E-state index in [9.17, 15) is 0 Å². The summed E-state index contributed by atoms with van der Waals surface area (Å²) in [5.74, 6) is 1.06. The van der Waals surface area contributed by atoms with Gasteiger partial charge in [-0.3, -0.25) is 0 Å². The third-order valence-corrected chi connectivity index (χ3v) is 4.99. The lowest BCUT2D eigenvalue weighted by Gasteiger charge is -2.30. The van der Waals surface area contributed by atoms with Crippen molar-refractivity contribution in [3.8, 4) is 5.75 Å². The number of nitrogens with zero attached hydrogens (tertiary/aromatic N) is 1. The van der Waals surface area contributed by atoms with Gasteiger partial charge in [-0.1, -0.05) is 51.1 Å². The van der Waals surface area contributed by atoms with Gasteiger partial charge in [0.2, 0.25) is 5.69 Å². The summed E-state index contributed by atoms with van der Waals surface area (Å²) in [6, 6.07) is 16.9. The van der Waals surface area contributed by atoms with Gasteiger partial charge in [-0.05, 0) is 24.3 Å². The minimum absolute atomic E-state index is 0.175. The van der Waals surface area contributed by atoms with Crippen molar-refractivity contribution in [3.63, 3.8) is 0 Å². The molecule has 1 aliphatic heterocycles. The van der Waals surface area contributed by atoms with Crippen molar-refractivity contribution >= 4 is 11.9 Å². The van der Waals surface area contributed by atoms with Crippen LogP contribution in [0.1, 0.15) is 44.7 Å². The predicted octanol–water partition coefficient (Wildman–Crippen LogP) is 4.88. The predicted molar refractivity (Wildman–Crippen MR) is 91.4 cm³/mol. The fourth-order valence-corrected chi connectivity index (χ4v) is 3.03. The number of ether oxygens (including phenoxy) is 1. The maximum Gasteiger partial charge on any atom is 0.292 e. The summed E-state index contributed by atoms with van der Waals surface area (Å²) in [5.41, 5.74) is 3.83. The molecule has 0 aliphatic carbocycles. The van der Waals surface area contributed by atoms with Crippen LogP contribution in [-0.4, -0.2) is 17.5 Å². The molecule has 0 radical (unpaired) electrons. The highest BCUT2D eigenvalue weighted by Crippen LogP contribution is 2.39. The largest absolute Gasteiger partial charge is 0.435 e. The fraction of sp³-hybridized carbons (Fsp3) is 0.350. The maximum absolute atomic E-state index is 6.17. The standard InChI is InChI=1S/C20H24NO/c1-4-20(3,5-2)18-13-9-10-16-14-21(15-22-19(16)18)17-11-7-6-8-12-17/h6-14H,4-5,15H2,1-3H3/q+1. The topological polar surface area (TPSA) is 12.2 Å². The van der Waals surface area contributed by atoms with Crippen LogP contribution in [0.2, 0.25) is 0 Å². The molecule has 0 unspecified atom stereocenters. The Morgan fingerprint density at radius 3 is 2.41 bits per heavy atom. The van der Waals surface area contributed by atoms with Crippen molar-refractivity contribution in [2.45, 2.75) is 39.0 Å². The number of benzene rings is 2. The normalized spacial score (nSPS) is 14.0. The van der Waals surface area contributed by atoms with Crippen LogP contribution >= 0.6 is 0 Å². The van der Waals surface area contributed by atoms with Crippen molar-refractivity contribution in [2.24, 2.45) is 0 Å². The van der Waals surface area contributed by atoms with Gasteiger partial charge in [0, 0.05) is 17.7 Å². The van der Waals surface area contributed by atoms with Gasteiger partial charge in [0.25, 0.3) is 6.73 Å². The minimum Gasteiger partial charge on any atom is -0.435 e. The number of rotatable bonds is 4. The first-order valence-corrected chi connectivity index (χ1v) is 8.11. The van der Waals surface area contributed by atoms with Gasteiger partial charge in [0.15, 0.2) is 6.21 Å². The molecule has 2 aromatic rings. The van der Waals surface area contributed by atoms with Gasteiger partial charge in [0.1, 0.15) is 5.75 Å². The first-order valence-electron chi connectivity index (χ1n) is 8.11. The van der Waals surface area contributed by atoms with E-state index in [0.29, 0.717) is 6.73 Å². The van der Waals surface area contributed by atoms with Gasteiger partial charge in [-0.2, -0.15) is 4.58 Å². The third-order valence-electron chi connectivity index (χ3n) is 4.99. The van der Waals surface area contributed by atoms with Gasteiger partial charge in [-0.15, -0.1) is 0 Å². The molecule has 2 aromatic carbocycles. The van der Waals surface area contributed by atoms with Crippen LogP contribution < -0.4 is 4.74 Å². The highest BCUT2D eigenvalue weighted by atomic mass is 16.5. The monoisotopic (exact) mass is 294 g/mol. The van der Waals surface area contributed by atoms with E-state index in [0.717, 1.165) is 24.3 Å². The van der Waals surface area contributed by atoms with E-state index < -0.39 is 0 Å². The Morgan fingerprint density at radius 2 is 1.73 bits per heavy atom. The molecule has 2 heteroatoms. The molecule has 0 bridgehead atoms. The molecule has 0 aromatic heterocycles. The summed E-state index contributed by atoms with van der Waals surface area (Å²) in [7, 11) is 0. The molecule has 3 rings (SSSR count). The zero-order valence-corrected chi connectivity index (χ0v) is 13.7. The SMILES string of the molecule is CCC(C)(CC)c1cccc2c1OC[N+](c1ccccc1)=C2. The average molecular weight is 294 g/mol. The van der Waals surface area contributed by atoms with Crippen molar-refractivity contribution in [2.75, 3.05) is 6.73 Å². The van der Waals surface area contributed by atoms with Crippen molar-refractivity contribution in [3.05, 3.63) is 59.7 Å². The molecule has 0 saturated heterocycles. The zero-order valence-electron chi connectivity index (χ0n) is 13.7. The molecular formula is C20H24NO+. The zero-order chi connectivity index (χ0) is 15.6. The lowest BCUT2D eigenvalue weighted by atomic mass is 9.77. The summed E-state index contributed by atoms with van der Waals surface area (Å²) in [4.78, 5) is 0. The number of hydrogen-bond donors (Lipinski definition) is 0. The Kier molecular flexibility index (Phi) is 4.02. The molecule has 114 valence electrons. The van der Waals surface area contributed by atoms with Gasteiger partial charge in [-0.25, -0.2) is 0 Å². The molecule has 0 spiro atoms. The van der Waals surface area contributed by atoms with Crippen LogP contribution in [0.15, 0.2) is 48.5 Å². The first kappa shape index (κ1) is 14.8. The second-order valence-electron chi connectivity index (χ2n) is 6.20. The molecule has 1 heterocycles. The molecular weight excluding hydrogens is 270 g/mol.